The van der Waals surface area contributed by atoms with Gasteiger partial charge in [-0.05, 0) is 70.2 Å². The van der Waals surface area contributed by atoms with Crippen molar-refractivity contribution in [2.45, 2.75) is 53.5 Å². The summed E-state index contributed by atoms with van der Waals surface area (Å²) in [6.07, 6.45) is 0.773. The highest BCUT2D eigenvalue weighted by atomic mass is 16.3. The molecule has 2 heteroatoms. The van der Waals surface area contributed by atoms with Crippen molar-refractivity contribution in [2.75, 3.05) is 18.6 Å². The lowest BCUT2D eigenvalue weighted by atomic mass is 9.93. The molecule has 0 aromatic heterocycles. The quantitative estimate of drug-likeness (QED) is 0.882. The Balaban J connectivity index is 3.33. The van der Waals surface area contributed by atoms with Gasteiger partial charge in [-0.25, -0.2) is 0 Å². The SMILES string of the molecule is Cc1cc(C)c(C)c(N(C)C(C)(C)CCO)c1C. The fraction of sp³-hybridized carbons (Fsp3) is 0.625. The topological polar surface area (TPSA) is 23.5 Å². The largest absolute Gasteiger partial charge is 0.396 e. The summed E-state index contributed by atoms with van der Waals surface area (Å²) in [5, 5.41) is 9.22. The first-order valence-corrected chi connectivity index (χ1v) is 6.64. The van der Waals surface area contributed by atoms with Crippen LogP contribution in [0.25, 0.3) is 0 Å². The molecule has 1 N–H and O–H groups in total. The summed E-state index contributed by atoms with van der Waals surface area (Å²) < 4.78 is 0. The zero-order valence-corrected chi connectivity index (χ0v) is 12.9. The van der Waals surface area contributed by atoms with Gasteiger partial charge in [-0.3, -0.25) is 0 Å². The van der Waals surface area contributed by atoms with Gasteiger partial charge < -0.3 is 10.0 Å². The van der Waals surface area contributed by atoms with E-state index in [1.54, 1.807) is 0 Å². The number of nitrogens with zero attached hydrogens (tertiary/aromatic N) is 1. The second kappa shape index (κ2) is 5.31. The number of hydrogen-bond donors (Lipinski definition) is 1. The molecule has 0 saturated carbocycles. The zero-order valence-electron chi connectivity index (χ0n) is 12.9. The standard InChI is InChI=1S/C16H27NO/c1-11-10-12(2)14(4)15(13(11)3)17(7)16(5,6)8-9-18/h10,18H,8-9H2,1-7H3. The Labute approximate surface area is 112 Å². The fourth-order valence-electron chi connectivity index (χ4n) is 2.44. The van der Waals surface area contributed by atoms with Crippen LogP contribution in [-0.4, -0.2) is 24.3 Å². The molecule has 0 bridgehead atoms. The van der Waals surface area contributed by atoms with Crippen LogP contribution in [0.3, 0.4) is 0 Å². The number of aryl methyl sites for hydroxylation is 2. The summed E-state index contributed by atoms with van der Waals surface area (Å²) in [4.78, 5) is 2.31. The summed E-state index contributed by atoms with van der Waals surface area (Å²) in [7, 11) is 2.13. The minimum absolute atomic E-state index is 0.0372. The Morgan fingerprint density at radius 1 is 1.06 bits per heavy atom. The lowest BCUT2D eigenvalue weighted by Crippen LogP contribution is -2.42. The van der Waals surface area contributed by atoms with Crippen molar-refractivity contribution in [3.63, 3.8) is 0 Å². The van der Waals surface area contributed by atoms with Crippen LogP contribution >= 0.6 is 0 Å². The van der Waals surface area contributed by atoms with Crippen LogP contribution in [0.5, 0.6) is 0 Å². The van der Waals surface area contributed by atoms with E-state index in [-0.39, 0.29) is 12.1 Å². The average molecular weight is 249 g/mol. The second-order valence-corrected chi connectivity index (χ2v) is 5.95. The van der Waals surface area contributed by atoms with Crippen LogP contribution in [0.15, 0.2) is 6.07 Å². The van der Waals surface area contributed by atoms with Crippen molar-refractivity contribution in [1.82, 2.24) is 0 Å². The Morgan fingerprint density at radius 2 is 1.50 bits per heavy atom. The van der Waals surface area contributed by atoms with Crippen molar-refractivity contribution in [3.05, 3.63) is 28.3 Å². The third-order valence-corrected chi connectivity index (χ3v) is 4.29. The lowest BCUT2D eigenvalue weighted by molar-refractivity contribution is 0.250. The zero-order chi connectivity index (χ0) is 14.1. The maximum Gasteiger partial charge on any atom is 0.0453 e. The van der Waals surface area contributed by atoms with E-state index >= 15 is 0 Å². The summed E-state index contributed by atoms with van der Waals surface area (Å²) in [5.41, 5.74) is 6.62. The Kier molecular flexibility index (Phi) is 4.44. The molecular formula is C16H27NO. The molecule has 2 nitrogen and oxygen atoms in total. The monoisotopic (exact) mass is 249 g/mol. The molecule has 0 heterocycles. The molecule has 0 spiro atoms. The number of rotatable bonds is 4. The van der Waals surface area contributed by atoms with E-state index in [1.807, 2.05) is 0 Å². The molecule has 18 heavy (non-hydrogen) atoms. The number of aliphatic hydroxyl groups excluding tert-OH is 1. The summed E-state index contributed by atoms with van der Waals surface area (Å²) in [6, 6.07) is 2.25. The maximum absolute atomic E-state index is 9.22. The normalized spacial score (nSPS) is 11.8. The van der Waals surface area contributed by atoms with E-state index in [2.05, 4.69) is 59.6 Å². The molecule has 0 aliphatic rings. The van der Waals surface area contributed by atoms with Gasteiger partial charge in [-0.2, -0.15) is 0 Å². The molecule has 1 aromatic rings. The molecule has 0 aliphatic carbocycles. The number of anilines is 1. The van der Waals surface area contributed by atoms with Gasteiger partial charge in [0.15, 0.2) is 0 Å². The summed E-state index contributed by atoms with van der Waals surface area (Å²) in [6.45, 7) is 13.3. The third-order valence-electron chi connectivity index (χ3n) is 4.29. The Morgan fingerprint density at radius 3 is 1.89 bits per heavy atom. The number of hydrogen-bond acceptors (Lipinski definition) is 2. The molecule has 1 aromatic carbocycles. The van der Waals surface area contributed by atoms with Gasteiger partial charge >= 0.3 is 0 Å². The summed E-state index contributed by atoms with van der Waals surface area (Å²) >= 11 is 0. The van der Waals surface area contributed by atoms with Crippen molar-refractivity contribution in [3.8, 4) is 0 Å². The highest BCUT2D eigenvalue weighted by molar-refractivity contribution is 5.64. The van der Waals surface area contributed by atoms with Crippen LogP contribution < -0.4 is 4.90 Å². The molecule has 1 rings (SSSR count). The molecule has 0 fully saturated rings. The molecular weight excluding hydrogens is 222 g/mol. The fourth-order valence-corrected chi connectivity index (χ4v) is 2.44. The first kappa shape index (κ1) is 15.0. The van der Waals surface area contributed by atoms with Gasteiger partial charge in [0.2, 0.25) is 0 Å². The van der Waals surface area contributed by atoms with Gasteiger partial charge in [0, 0.05) is 24.9 Å². The highest BCUT2D eigenvalue weighted by Crippen LogP contribution is 2.34. The van der Waals surface area contributed by atoms with Gasteiger partial charge in [-0.15, -0.1) is 0 Å². The van der Waals surface area contributed by atoms with Gasteiger partial charge in [0.1, 0.15) is 0 Å². The van der Waals surface area contributed by atoms with Gasteiger partial charge in [-0.1, -0.05) is 6.07 Å². The molecule has 0 amide bonds. The van der Waals surface area contributed by atoms with E-state index in [1.165, 1.54) is 27.9 Å². The number of aliphatic hydroxyl groups is 1. The first-order valence-electron chi connectivity index (χ1n) is 6.64. The van der Waals surface area contributed by atoms with Gasteiger partial charge in [0.05, 0.1) is 0 Å². The third kappa shape index (κ3) is 2.69. The van der Waals surface area contributed by atoms with Crippen molar-refractivity contribution in [2.24, 2.45) is 0 Å². The molecule has 0 atom stereocenters. The Hall–Kier alpha value is -1.02. The van der Waals surface area contributed by atoms with Crippen LogP contribution in [-0.2, 0) is 0 Å². The molecule has 0 saturated heterocycles. The molecule has 102 valence electrons. The lowest BCUT2D eigenvalue weighted by Gasteiger charge is -2.39. The smallest absolute Gasteiger partial charge is 0.0453 e. The average Bonchev–Trinajstić information content (AvgIpc) is 2.26. The maximum atomic E-state index is 9.22. The summed E-state index contributed by atoms with van der Waals surface area (Å²) in [5.74, 6) is 0. The van der Waals surface area contributed by atoms with E-state index in [9.17, 15) is 5.11 Å². The van der Waals surface area contributed by atoms with Gasteiger partial charge in [0.25, 0.3) is 0 Å². The predicted molar refractivity (Wildman–Crippen MR) is 79.6 cm³/mol. The number of benzene rings is 1. The van der Waals surface area contributed by atoms with Crippen LogP contribution in [0.4, 0.5) is 5.69 Å². The van der Waals surface area contributed by atoms with E-state index < -0.39 is 0 Å². The van der Waals surface area contributed by atoms with E-state index in [4.69, 9.17) is 0 Å². The highest BCUT2D eigenvalue weighted by Gasteiger charge is 2.26. The predicted octanol–water partition coefficient (Wildman–Crippen LogP) is 3.52. The Bertz CT molecular complexity index is 409. The molecule has 0 unspecified atom stereocenters. The second-order valence-electron chi connectivity index (χ2n) is 5.95. The van der Waals surface area contributed by atoms with Crippen molar-refractivity contribution >= 4 is 5.69 Å². The molecule has 0 aliphatic heterocycles. The van der Waals surface area contributed by atoms with Crippen molar-refractivity contribution < 1.29 is 5.11 Å². The van der Waals surface area contributed by atoms with Crippen LogP contribution in [0, 0.1) is 27.7 Å². The first-order chi connectivity index (χ1) is 8.22. The minimum Gasteiger partial charge on any atom is -0.396 e. The van der Waals surface area contributed by atoms with Crippen LogP contribution in [0.2, 0.25) is 0 Å². The molecule has 0 radical (unpaired) electrons. The van der Waals surface area contributed by atoms with Crippen LogP contribution in [0.1, 0.15) is 42.5 Å². The van der Waals surface area contributed by atoms with E-state index in [0.717, 1.165) is 6.42 Å². The minimum atomic E-state index is -0.0372. The van der Waals surface area contributed by atoms with E-state index in [0.29, 0.717) is 0 Å². The van der Waals surface area contributed by atoms with Crippen molar-refractivity contribution in [1.29, 1.82) is 0 Å².